The van der Waals surface area contributed by atoms with Crippen LogP contribution in [0.25, 0.3) is 11.0 Å². The molecule has 4 rings (SSSR count). The summed E-state index contributed by atoms with van der Waals surface area (Å²) < 4.78 is 8.30. The summed E-state index contributed by atoms with van der Waals surface area (Å²) >= 11 is 1.72. The molecule has 9 heteroatoms. The molecule has 0 saturated carbocycles. The maximum absolute atomic E-state index is 7.63. The lowest BCUT2D eigenvalue weighted by atomic mass is 10.1. The van der Waals surface area contributed by atoms with E-state index in [4.69, 9.17) is 20.9 Å². The zero-order chi connectivity index (χ0) is 20.2. The van der Waals surface area contributed by atoms with Gasteiger partial charge in [0.25, 0.3) is 0 Å². The van der Waals surface area contributed by atoms with Crippen LogP contribution in [0.4, 0.5) is 0 Å². The van der Waals surface area contributed by atoms with Gasteiger partial charge in [-0.15, -0.1) is 24.8 Å². The van der Waals surface area contributed by atoms with E-state index in [0.717, 1.165) is 60.2 Å². The first-order valence-corrected chi connectivity index (χ1v) is 11.1. The number of hydrogen-bond acceptors (Lipinski definition) is 5. The topological polar surface area (TPSA) is 89.0 Å². The van der Waals surface area contributed by atoms with Gasteiger partial charge in [0, 0.05) is 17.9 Å². The Morgan fingerprint density at radius 1 is 1.19 bits per heavy atom. The molecule has 3 aromatic rings. The number of aryl methyl sites for hydroxylation is 1. The summed E-state index contributed by atoms with van der Waals surface area (Å²) in [7, 11) is 0. The molecule has 1 fully saturated rings. The highest BCUT2D eigenvalue weighted by Crippen LogP contribution is 2.28. The molecule has 2 heterocycles. The maximum atomic E-state index is 7.63. The Labute approximate surface area is 199 Å². The standard InChI is InChI=1S/C22H27N5OS.2ClH/c1-2-27-20-8-5-16(21(23)24)13-19(20)26-22(27)29-14-15-3-6-17(7-4-15)28-18-9-11-25-12-10-18;;/h3-8,13,18,25H,2,9-12,14H2,1H3,(H3,23,24);2*1H. The molecular formula is C22H29Cl2N5OS. The fourth-order valence-electron chi connectivity index (χ4n) is 3.61. The zero-order valence-electron chi connectivity index (χ0n) is 17.5. The van der Waals surface area contributed by atoms with E-state index in [1.807, 2.05) is 18.2 Å². The molecule has 1 aliphatic heterocycles. The van der Waals surface area contributed by atoms with Crippen LogP contribution in [0.2, 0.25) is 0 Å². The highest BCUT2D eigenvalue weighted by Gasteiger charge is 2.15. The second-order valence-corrected chi connectivity index (χ2v) is 8.20. The van der Waals surface area contributed by atoms with Crippen LogP contribution in [0.1, 0.15) is 30.9 Å². The van der Waals surface area contributed by atoms with Crippen molar-refractivity contribution in [3.05, 3.63) is 53.6 Å². The number of piperidine rings is 1. The molecule has 0 bridgehead atoms. The van der Waals surface area contributed by atoms with Crippen LogP contribution in [0.5, 0.6) is 5.75 Å². The second kappa shape index (κ2) is 11.6. The molecule has 0 radical (unpaired) electrons. The molecule has 168 valence electrons. The van der Waals surface area contributed by atoms with Crippen molar-refractivity contribution in [1.82, 2.24) is 14.9 Å². The quantitative estimate of drug-likeness (QED) is 0.260. The Hall–Kier alpha value is -1.93. The number of halogens is 2. The van der Waals surface area contributed by atoms with E-state index in [0.29, 0.717) is 11.7 Å². The predicted molar refractivity (Wildman–Crippen MR) is 133 cm³/mol. The number of thioether (sulfide) groups is 1. The van der Waals surface area contributed by atoms with E-state index in [9.17, 15) is 0 Å². The molecule has 31 heavy (non-hydrogen) atoms. The summed E-state index contributed by atoms with van der Waals surface area (Å²) in [6.45, 7) is 5.04. The van der Waals surface area contributed by atoms with Crippen molar-refractivity contribution in [3.8, 4) is 5.75 Å². The van der Waals surface area contributed by atoms with Crippen molar-refractivity contribution in [2.24, 2.45) is 5.73 Å². The molecule has 0 aliphatic carbocycles. The fourth-order valence-corrected chi connectivity index (χ4v) is 4.64. The number of nitrogen functional groups attached to an aromatic ring is 1. The van der Waals surface area contributed by atoms with Crippen LogP contribution in [-0.2, 0) is 12.3 Å². The van der Waals surface area contributed by atoms with E-state index in [2.05, 4.69) is 41.1 Å². The highest BCUT2D eigenvalue weighted by molar-refractivity contribution is 7.98. The van der Waals surface area contributed by atoms with Gasteiger partial charge in [0.1, 0.15) is 17.7 Å². The minimum absolute atomic E-state index is 0. The number of nitrogens with two attached hydrogens (primary N) is 1. The third-order valence-electron chi connectivity index (χ3n) is 5.22. The van der Waals surface area contributed by atoms with Gasteiger partial charge in [0.15, 0.2) is 5.16 Å². The molecule has 1 aliphatic rings. The average Bonchev–Trinajstić information content (AvgIpc) is 3.10. The number of fused-ring (bicyclic) bond motifs is 1. The number of rotatable bonds is 7. The Morgan fingerprint density at radius 3 is 2.55 bits per heavy atom. The first-order chi connectivity index (χ1) is 14.1. The van der Waals surface area contributed by atoms with Gasteiger partial charge in [0.05, 0.1) is 11.0 Å². The number of nitrogens with one attached hydrogen (secondary N) is 2. The van der Waals surface area contributed by atoms with Crippen LogP contribution in [0.3, 0.4) is 0 Å². The summed E-state index contributed by atoms with van der Waals surface area (Å²) in [5, 5.41) is 12.0. The maximum Gasteiger partial charge on any atom is 0.169 e. The van der Waals surface area contributed by atoms with Crippen LogP contribution >= 0.6 is 36.6 Å². The molecule has 2 aromatic carbocycles. The molecule has 0 unspecified atom stereocenters. The number of hydrogen-bond donors (Lipinski definition) is 3. The van der Waals surface area contributed by atoms with Crippen LogP contribution in [0, 0.1) is 5.41 Å². The van der Waals surface area contributed by atoms with E-state index >= 15 is 0 Å². The largest absolute Gasteiger partial charge is 0.490 e. The summed E-state index contributed by atoms with van der Waals surface area (Å²) in [5.41, 5.74) is 9.53. The second-order valence-electron chi connectivity index (χ2n) is 7.26. The van der Waals surface area contributed by atoms with Gasteiger partial charge in [-0.2, -0.15) is 0 Å². The van der Waals surface area contributed by atoms with Gasteiger partial charge in [-0.1, -0.05) is 23.9 Å². The Bertz CT molecular complexity index is 1000. The van der Waals surface area contributed by atoms with Crippen LogP contribution < -0.4 is 15.8 Å². The van der Waals surface area contributed by atoms with Crippen molar-refractivity contribution in [1.29, 1.82) is 5.41 Å². The zero-order valence-corrected chi connectivity index (χ0v) is 19.9. The van der Waals surface area contributed by atoms with Crippen molar-refractivity contribution < 1.29 is 4.74 Å². The van der Waals surface area contributed by atoms with Gasteiger partial charge in [0.2, 0.25) is 0 Å². The van der Waals surface area contributed by atoms with Gasteiger partial charge >= 0.3 is 0 Å². The molecular weight excluding hydrogens is 453 g/mol. The first kappa shape index (κ1) is 25.3. The number of nitrogens with zero attached hydrogens (tertiary/aromatic N) is 2. The lowest BCUT2D eigenvalue weighted by molar-refractivity contribution is 0.162. The van der Waals surface area contributed by atoms with Crippen LogP contribution in [0.15, 0.2) is 47.6 Å². The third kappa shape index (κ3) is 6.07. The SMILES string of the molecule is CCn1c(SCc2ccc(OC3CCNCC3)cc2)nc2cc(C(=N)N)ccc21.Cl.Cl. The minimum Gasteiger partial charge on any atom is -0.490 e. The van der Waals surface area contributed by atoms with Crippen LogP contribution in [-0.4, -0.2) is 34.6 Å². The first-order valence-electron chi connectivity index (χ1n) is 10.1. The van der Waals surface area contributed by atoms with Crippen molar-refractivity contribution in [3.63, 3.8) is 0 Å². The molecule has 0 atom stereocenters. The lowest BCUT2D eigenvalue weighted by Gasteiger charge is -2.23. The van der Waals surface area contributed by atoms with Crippen molar-refractivity contribution >= 4 is 53.4 Å². The highest BCUT2D eigenvalue weighted by atomic mass is 35.5. The van der Waals surface area contributed by atoms with Gasteiger partial charge in [-0.25, -0.2) is 4.98 Å². The molecule has 6 nitrogen and oxygen atoms in total. The summed E-state index contributed by atoms with van der Waals surface area (Å²) in [6, 6.07) is 14.2. The third-order valence-corrected chi connectivity index (χ3v) is 6.27. The number of amidine groups is 1. The number of benzene rings is 2. The van der Waals surface area contributed by atoms with Gasteiger partial charge in [-0.3, -0.25) is 5.41 Å². The molecule has 4 N–H and O–H groups in total. The number of aromatic nitrogens is 2. The minimum atomic E-state index is 0. The summed E-state index contributed by atoms with van der Waals surface area (Å²) in [6.07, 6.45) is 2.45. The number of ether oxygens (including phenoxy) is 1. The predicted octanol–water partition coefficient (Wildman–Crippen LogP) is 4.61. The normalized spacial score (nSPS) is 14.0. The molecule has 0 amide bonds. The number of imidazole rings is 1. The van der Waals surface area contributed by atoms with Gasteiger partial charge in [-0.05, 0) is 68.8 Å². The molecule has 1 aromatic heterocycles. The summed E-state index contributed by atoms with van der Waals surface area (Å²) in [4.78, 5) is 4.78. The smallest absolute Gasteiger partial charge is 0.169 e. The van der Waals surface area contributed by atoms with Crippen molar-refractivity contribution in [2.75, 3.05) is 13.1 Å². The Balaban J connectivity index is 0.00000171. The fraction of sp³-hybridized carbons (Fsp3) is 0.364. The van der Waals surface area contributed by atoms with Crippen molar-refractivity contribution in [2.45, 2.75) is 43.3 Å². The Morgan fingerprint density at radius 2 is 1.90 bits per heavy atom. The lowest BCUT2D eigenvalue weighted by Crippen LogP contribution is -2.34. The molecule has 0 spiro atoms. The average molecular weight is 482 g/mol. The molecule has 1 saturated heterocycles. The van der Waals surface area contributed by atoms with E-state index in [-0.39, 0.29) is 30.6 Å². The van der Waals surface area contributed by atoms with E-state index in [1.165, 1.54) is 5.56 Å². The monoisotopic (exact) mass is 481 g/mol. The Kier molecular flexibility index (Phi) is 9.50. The van der Waals surface area contributed by atoms with Gasteiger partial charge < -0.3 is 20.4 Å². The summed E-state index contributed by atoms with van der Waals surface area (Å²) in [5.74, 6) is 1.86. The van der Waals surface area contributed by atoms with E-state index in [1.54, 1.807) is 11.8 Å². The van der Waals surface area contributed by atoms with E-state index < -0.39 is 0 Å².